The molecule has 0 aliphatic carbocycles. The van der Waals surface area contributed by atoms with Crippen LogP contribution in [0, 0.1) is 0 Å². The zero-order chi connectivity index (χ0) is 19.3. The summed E-state index contributed by atoms with van der Waals surface area (Å²) in [6, 6.07) is 9.09. The van der Waals surface area contributed by atoms with E-state index in [0.29, 0.717) is 18.9 Å². The quantitative estimate of drug-likeness (QED) is 0.723. The summed E-state index contributed by atoms with van der Waals surface area (Å²) in [6.45, 7) is 4.62. The molecule has 0 aromatic carbocycles. The minimum Gasteiger partial charge on any atom is -0.353 e. The Balaban J connectivity index is 1.37. The van der Waals surface area contributed by atoms with Gasteiger partial charge < -0.3 is 15.1 Å². The maximum absolute atomic E-state index is 12.7. The topological polar surface area (TPSA) is 92.1 Å². The van der Waals surface area contributed by atoms with Crippen molar-refractivity contribution in [3.8, 4) is 0 Å². The summed E-state index contributed by atoms with van der Waals surface area (Å²) in [5, 5.41) is 7.35. The highest BCUT2D eigenvalue weighted by Crippen LogP contribution is 2.19. The predicted molar refractivity (Wildman–Crippen MR) is 105 cm³/mol. The highest BCUT2D eigenvalue weighted by Gasteiger charge is 2.26. The summed E-state index contributed by atoms with van der Waals surface area (Å²) in [5.74, 6) is 2.34. The lowest BCUT2D eigenvalue weighted by molar-refractivity contribution is -0.134. The standard InChI is InChI=1S/C19H22N8O/c1-15(27-8-4-7-23-27)19(28)26-11-9-25(10-12-26)18-13-17(21-14-22-18)24-16-5-2-3-6-20-16/h2-8,13-15H,9-12H2,1H3,(H,20,21,22,24). The van der Waals surface area contributed by atoms with Gasteiger partial charge in [0.2, 0.25) is 5.91 Å². The van der Waals surface area contributed by atoms with Gasteiger partial charge in [-0.1, -0.05) is 6.07 Å². The fraction of sp³-hybridized carbons (Fsp3) is 0.316. The van der Waals surface area contributed by atoms with E-state index < -0.39 is 0 Å². The highest BCUT2D eigenvalue weighted by atomic mass is 16.2. The maximum Gasteiger partial charge on any atom is 0.247 e. The largest absolute Gasteiger partial charge is 0.353 e. The first-order chi connectivity index (χ1) is 13.7. The van der Waals surface area contributed by atoms with Crippen LogP contribution in [0.25, 0.3) is 0 Å². The third-order valence-corrected chi connectivity index (χ3v) is 4.77. The molecule has 3 aromatic rings. The fourth-order valence-electron chi connectivity index (χ4n) is 3.20. The molecule has 4 heterocycles. The second kappa shape index (κ2) is 8.03. The van der Waals surface area contributed by atoms with E-state index in [1.54, 1.807) is 17.1 Å². The number of carbonyl (C=O) groups is 1. The molecule has 144 valence electrons. The molecule has 4 rings (SSSR count). The first-order valence-electron chi connectivity index (χ1n) is 9.23. The Morgan fingerprint density at radius 2 is 1.89 bits per heavy atom. The van der Waals surface area contributed by atoms with Crippen LogP contribution in [0.4, 0.5) is 17.5 Å². The number of carbonyl (C=O) groups excluding carboxylic acids is 1. The summed E-state index contributed by atoms with van der Waals surface area (Å²) in [5.41, 5.74) is 0. The van der Waals surface area contributed by atoms with E-state index in [-0.39, 0.29) is 11.9 Å². The molecular weight excluding hydrogens is 356 g/mol. The Morgan fingerprint density at radius 1 is 1.04 bits per heavy atom. The molecule has 9 heteroatoms. The Kier molecular flexibility index (Phi) is 5.14. The molecule has 1 fully saturated rings. The van der Waals surface area contributed by atoms with Gasteiger partial charge in [-0.15, -0.1) is 0 Å². The molecule has 1 N–H and O–H groups in total. The summed E-state index contributed by atoms with van der Waals surface area (Å²) in [6.07, 6.45) is 6.77. The van der Waals surface area contributed by atoms with E-state index in [4.69, 9.17) is 0 Å². The average molecular weight is 378 g/mol. The number of hydrogen-bond donors (Lipinski definition) is 1. The van der Waals surface area contributed by atoms with Gasteiger partial charge in [-0.05, 0) is 25.1 Å². The van der Waals surface area contributed by atoms with Crippen molar-refractivity contribution >= 4 is 23.4 Å². The van der Waals surface area contributed by atoms with Gasteiger partial charge in [-0.3, -0.25) is 9.48 Å². The molecule has 1 unspecified atom stereocenters. The van der Waals surface area contributed by atoms with Crippen molar-refractivity contribution < 1.29 is 4.79 Å². The maximum atomic E-state index is 12.7. The Bertz CT molecular complexity index is 907. The second-order valence-corrected chi connectivity index (χ2v) is 6.58. The van der Waals surface area contributed by atoms with Gasteiger partial charge >= 0.3 is 0 Å². The molecular formula is C19H22N8O. The van der Waals surface area contributed by atoms with Crippen LogP contribution < -0.4 is 10.2 Å². The van der Waals surface area contributed by atoms with Gasteiger partial charge in [-0.2, -0.15) is 5.10 Å². The number of aromatic nitrogens is 5. The number of nitrogens with one attached hydrogen (secondary N) is 1. The van der Waals surface area contributed by atoms with Crippen molar-refractivity contribution in [2.75, 3.05) is 36.4 Å². The van der Waals surface area contributed by atoms with Crippen molar-refractivity contribution in [3.05, 3.63) is 55.2 Å². The third kappa shape index (κ3) is 3.93. The molecule has 9 nitrogen and oxygen atoms in total. The zero-order valence-corrected chi connectivity index (χ0v) is 15.6. The van der Waals surface area contributed by atoms with Crippen LogP contribution in [0.3, 0.4) is 0 Å². The highest BCUT2D eigenvalue weighted by molar-refractivity contribution is 5.80. The first-order valence-corrected chi connectivity index (χ1v) is 9.23. The number of amides is 1. The lowest BCUT2D eigenvalue weighted by atomic mass is 10.2. The number of piperazine rings is 1. The van der Waals surface area contributed by atoms with E-state index in [0.717, 1.165) is 24.7 Å². The van der Waals surface area contributed by atoms with E-state index in [1.165, 1.54) is 6.33 Å². The predicted octanol–water partition coefficient (Wildman–Crippen LogP) is 1.72. The van der Waals surface area contributed by atoms with Crippen molar-refractivity contribution in [2.24, 2.45) is 0 Å². The zero-order valence-electron chi connectivity index (χ0n) is 15.6. The molecule has 0 radical (unpaired) electrons. The molecule has 0 saturated carbocycles. The molecule has 1 amide bonds. The average Bonchev–Trinajstić information content (AvgIpc) is 3.29. The monoisotopic (exact) mass is 378 g/mol. The van der Waals surface area contributed by atoms with E-state index in [2.05, 4.69) is 30.3 Å². The minimum atomic E-state index is -0.297. The molecule has 3 aromatic heterocycles. The number of nitrogens with zero attached hydrogens (tertiary/aromatic N) is 7. The Morgan fingerprint density at radius 3 is 2.61 bits per heavy atom. The van der Waals surface area contributed by atoms with Crippen molar-refractivity contribution in [1.29, 1.82) is 0 Å². The van der Waals surface area contributed by atoms with Gasteiger partial charge in [-0.25, -0.2) is 15.0 Å². The van der Waals surface area contributed by atoms with Crippen LogP contribution in [0.15, 0.2) is 55.2 Å². The van der Waals surface area contributed by atoms with Crippen LogP contribution in [-0.2, 0) is 4.79 Å². The van der Waals surface area contributed by atoms with Crippen LogP contribution in [0.1, 0.15) is 13.0 Å². The molecule has 1 aliphatic heterocycles. The first kappa shape index (κ1) is 17.9. The van der Waals surface area contributed by atoms with Crippen molar-refractivity contribution in [1.82, 2.24) is 29.6 Å². The van der Waals surface area contributed by atoms with Gasteiger partial charge in [0.05, 0.1) is 0 Å². The van der Waals surface area contributed by atoms with Crippen molar-refractivity contribution in [3.63, 3.8) is 0 Å². The van der Waals surface area contributed by atoms with Crippen LogP contribution in [-0.4, -0.2) is 61.7 Å². The number of pyridine rings is 1. The van der Waals surface area contributed by atoms with Crippen LogP contribution in [0.5, 0.6) is 0 Å². The summed E-state index contributed by atoms with van der Waals surface area (Å²) >= 11 is 0. The number of anilines is 3. The van der Waals surface area contributed by atoms with Gasteiger partial charge in [0.15, 0.2) is 0 Å². The van der Waals surface area contributed by atoms with Crippen molar-refractivity contribution in [2.45, 2.75) is 13.0 Å². The van der Waals surface area contributed by atoms with Gasteiger partial charge in [0.1, 0.15) is 29.8 Å². The molecule has 1 atom stereocenters. The molecule has 0 bridgehead atoms. The molecule has 1 saturated heterocycles. The summed E-state index contributed by atoms with van der Waals surface area (Å²) in [7, 11) is 0. The van der Waals surface area contributed by atoms with Gasteiger partial charge in [0.25, 0.3) is 0 Å². The fourth-order valence-corrected chi connectivity index (χ4v) is 3.20. The third-order valence-electron chi connectivity index (χ3n) is 4.77. The van der Waals surface area contributed by atoms with Crippen LogP contribution >= 0.6 is 0 Å². The van der Waals surface area contributed by atoms with Gasteiger partial charge in [0, 0.05) is 50.8 Å². The van der Waals surface area contributed by atoms with Crippen LogP contribution in [0.2, 0.25) is 0 Å². The SMILES string of the molecule is CC(C(=O)N1CCN(c2cc(Nc3ccccn3)ncn2)CC1)n1cccn1. The lowest BCUT2D eigenvalue weighted by Crippen LogP contribution is -2.50. The smallest absolute Gasteiger partial charge is 0.247 e. The Labute approximate surface area is 163 Å². The summed E-state index contributed by atoms with van der Waals surface area (Å²) < 4.78 is 1.69. The summed E-state index contributed by atoms with van der Waals surface area (Å²) in [4.78, 5) is 29.6. The molecule has 1 aliphatic rings. The lowest BCUT2D eigenvalue weighted by Gasteiger charge is -2.36. The molecule has 0 spiro atoms. The Hall–Kier alpha value is -3.49. The number of rotatable bonds is 5. The minimum absolute atomic E-state index is 0.0866. The molecule has 28 heavy (non-hydrogen) atoms. The number of hydrogen-bond acceptors (Lipinski definition) is 7. The van der Waals surface area contributed by atoms with E-state index in [1.807, 2.05) is 48.4 Å². The van der Waals surface area contributed by atoms with E-state index >= 15 is 0 Å². The van der Waals surface area contributed by atoms with E-state index in [9.17, 15) is 4.79 Å². The normalized spacial score (nSPS) is 15.3. The second-order valence-electron chi connectivity index (χ2n) is 6.58.